The summed E-state index contributed by atoms with van der Waals surface area (Å²) in [5.74, 6) is 1.12. The van der Waals surface area contributed by atoms with Gasteiger partial charge in [-0.15, -0.1) is 0 Å². The van der Waals surface area contributed by atoms with E-state index in [0.717, 1.165) is 23.6 Å². The second-order valence-corrected chi connectivity index (χ2v) is 4.86. The van der Waals surface area contributed by atoms with Crippen LogP contribution in [0.4, 0.5) is 5.82 Å². The van der Waals surface area contributed by atoms with Crippen LogP contribution in [0.15, 0.2) is 0 Å². The third-order valence-electron chi connectivity index (χ3n) is 3.54. The van der Waals surface area contributed by atoms with Gasteiger partial charge in [0, 0.05) is 19.6 Å². The number of aryl methyl sites for hydroxylation is 2. The van der Waals surface area contributed by atoms with Crippen LogP contribution in [0.1, 0.15) is 37.4 Å². The highest BCUT2D eigenvalue weighted by Gasteiger charge is 2.26. The standard InChI is InChI=1S/C12H21N5/c1-8-6-4-5-7-17(8)12-10(11(13)14)9(2)15-16(12)3/h8H,4-7H2,1-3H3,(H3,13,14). The van der Waals surface area contributed by atoms with Crippen molar-refractivity contribution in [3.8, 4) is 0 Å². The smallest absolute Gasteiger partial charge is 0.138 e. The number of hydrogen-bond acceptors (Lipinski definition) is 3. The second-order valence-electron chi connectivity index (χ2n) is 4.86. The molecule has 94 valence electrons. The summed E-state index contributed by atoms with van der Waals surface area (Å²) in [7, 11) is 1.93. The maximum absolute atomic E-state index is 7.71. The molecule has 0 saturated carbocycles. The molecule has 0 aliphatic carbocycles. The Morgan fingerprint density at radius 1 is 1.47 bits per heavy atom. The van der Waals surface area contributed by atoms with Crippen molar-refractivity contribution in [1.29, 1.82) is 5.41 Å². The number of rotatable bonds is 2. The predicted octanol–water partition coefficient (Wildman–Crippen LogP) is 1.39. The van der Waals surface area contributed by atoms with Gasteiger partial charge >= 0.3 is 0 Å². The van der Waals surface area contributed by atoms with Gasteiger partial charge in [0.1, 0.15) is 11.7 Å². The number of piperidine rings is 1. The molecule has 0 spiro atoms. The molecule has 1 unspecified atom stereocenters. The number of nitrogens with two attached hydrogens (primary N) is 1. The fourth-order valence-electron chi connectivity index (χ4n) is 2.70. The van der Waals surface area contributed by atoms with E-state index >= 15 is 0 Å². The fourth-order valence-corrected chi connectivity index (χ4v) is 2.70. The highest BCUT2D eigenvalue weighted by Crippen LogP contribution is 2.28. The van der Waals surface area contributed by atoms with Crippen LogP contribution in [0.25, 0.3) is 0 Å². The molecule has 5 nitrogen and oxygen atoms in total. The molecule has 1 aliphatic heterocycles. The van der Waals surface area contributed by atoms with Crippen molar-refractivity contribution < 1.29 is 0 Å². The van der Waals surface area contributed by atoms with Gasteiger partial charge in [-0.2, -0.15) is 5.10 Å². The minimum Gasteiger partial charge on any atom is -0.384 e. The van der Waals surface area contributed by atoms with Crippen molar-refractivity contribution in [2.75, 3.05) is 11.4 Å². The molecule has 0 bridgehead atoms. The summed E-state index contributed by atoms with van der Waals surface area (Å²) in [5, 5.41) is 12.1. The Morgan fingerprint density at radius 3 is 2.76 bits per heavy atom. The average molecular weight is 235 g/mol. The Bertz CT molecular complexity index is 434. The molecule has 1 aromatic rings. The number of aromatic nitrogens is 2. The minimum atomic E-state index is 0.114. The monoisotopic (exact) mass is 235 g/mol. The van der Waals surface area contributed by atoms with E-state index in [9.17, 15) is 0 Å². The normalized spacial score (nSPS) is 20.6. The van der Waals surface area contributed by atoms with Crippen molar-refractivity contribution in [2.45, 2.75) is 39.2 Å². The molecule has 0 amide bonds. The maximum Gasteiger partial charge on any atom is 0.138 e. The lowest BCUT2D eigenvalue weighted by Gasteiger charge is -2.35. The first-order valence-corrected chi connectivity index (χ1v) is 6.17. The van der Waals surface area contributed by atoms with Gasteiger partial charge < -0.3 is 10.6 Å². The van der Waals surface area contributed by atoms with E-state index in [0.29, 0.717) is 6.04 Å². The summed E-state index contributed by atoms with van der Waals surface area (Å²) in [6.07, 6.45) is 3.68. The summed E-state index contributed by atoms with van der Waals surface area (Å²) < 4.78 is 1.86. The van der Waals surface area contributed by atoms with Crippen molar-refractivity contribution in [3.63, 3.8) is 0 Å². The van der Waals surface area contributed by atoms with Crippen LogP contribution in [0.5, 0.6) is 0 Å². The van der Waals surface area contributed by atoms with Crippen LogP contribution in [-0.2, 0) is 7.05 Å². The lowest BCUT2D eigenvalue weighted by molar-refractivity contribution is 0.473. The highest BCUT2D eigenvalue weighted by atomic mass is 15.4. The number of nitrogen functional groups attached to an aromatic ring is 1. The quantitative estimate of drug-likeness (QED) is 0.601. The lowest BCUT2D eigenvalue weighted by atomic mass is 10.0. The van der Waals surface area contributed by atoms with E-state index in [1.807, 2.05) is 18.7 Å². The van der Waals surface area contributed by atoms with Gasteiger partial charge in [0.2, 0.25) is 0 Å². The van der Waals surface area contributed by atoms with E-state index in [4.69, 9.17) is 11.1 Å². The SMILES string of the molecule is Cc1nn(C)c(N2CCCCC2C)c1C(=N)N. The first-order chi connectivity index (χ1) is 8.02. The largest absolute Gasteiger partial charge is 0.384 e. The van der Waals surface area contributed by atoms with E-state index < -0.39 is 0 Å². The van der Waals surface area contributed by atoms with Crippen LogP contribution in [0.2, 0.25) is 0 Å². The first kappa shape index (κ1) is 12.0. The zero-order chi connectivity index (χ0) is 12.6. The molecular formula is C12H21N5. The maximum atomic E-state index is 7.71. The molecule has 1 aromatic heterocycles. The van der Waals surface area contributed by atoms with Gasteiger partial charge in [0.15, 0.2) is 0 Å². The molecule has 1 saturated heterocycles. The number of anilines is 1. The Morgan fingerprint density at radius 2 is 2.18 bits per heavy atom. The predicted molar refractivity (Wildman–Crippen MR) is 69.6 cm³/mol. The third-order valence-corrected chi connectivity index (χ3v) is 3.54. The van der Waals surface area contributed by atoms with Crippen LogP contribution in [0.3, 0.4) is 0 Å². The third kappa shape index (κ3) is 2.01. The van der Waals surface area contributed by atoms with Crippen molar-refractivity contribution in [1.82, 2.24) is 9.78 Å². The summed E-state index contributed by atoms with van der Waals surface area (Å²) in [6, 6.07) is 0.497. The van der Waals surface area contributed by atoms with Gasteiger partial charge in [-0.3, -0.25) is 10.1 Å². The van der Waals surface area contributed by atoms with E-state index in [2.05, 4.69) is 16.9 Å². The van der Waals surface area contributed by atoms with Crippen molar-refractivity contribution in [3.05, 3.63) is 11.3 Å². The summed E-state index contributed by atoms with van der Waals surface area (Å²) in [5.41, 5.74) is 7.32. The van der Waals surface area contributed by atoms with Crippen molar-refractivity contribution in [2.24, 2.45) is 12.8 Å². The molecular weight excluding hydrogens is 214 g/mol. The average Bonchev–Trinajstić information content (AvgIpc) is 2.54. The molecule has 17 heavy (non-hydrogen) atoms. The molecule has 1 aliphatic rings. The number of nitrogens with zero attached hydrogens (tertiary/aromatic N) is 3. The first-order valence-electron chi connectivity index (χ1n) is 6.17. The van der Waals surface area contributed by atoms with Gasteiger partial charge in [0.25, 0.3) is 0 Å². The Kier molecular flexibility index (Phi) is 3.09. The summed E-state index contributed by atoms with van der Waals surface area (Å²) in [4.78, 5) is 2.33. The van der Waals surface area contributed by atoms with Crippen LogP contribution in [-0.4, -0.2) is 28.2 Å². The zero-order valence-corrected chi connectivity index (χ0v) is 10.8. The van der Waals surface area contributed by atoms with Crippen molar-refractivity contribution >= 4 is 11.7 Å². The molecule has 2 heterocycles. The molecule has 2 rings (SSSR count). The van der Waals surface area contributed by atoms with E-state index in [1.165, 1.54) is 19.3 Å². The van der Waals surface area contributed by atoms with E-state index in [1.54, 1.807) is 0 Å². The van der Waals surface area contributed by atoms with E-state index in [-0.39, 0.29) is 5.84 Å². The molecule has 5 heteroatoms. The van der Waals surface area contributed by atoms with Crippen LogP contribution < -0.4 is 10.6 Å². The highest BCUT2D eigenvalue weighted by molar-refractivity contribution is 6.01. The second kappa shape index (κ2) is 4.39. The van der Waals surface area contributed by atoms with Crippen LogP contribution in [0, 0.1) is 12.3 Å². The molecule has 3 N–H and O–H groups in total. The van der Waals surface area contributed by atoms with Gasteiger partial charge in [-0.1, -0.05) is 0 Å². The number of nitrogens with one attached hydrogen (secondary N) is 1. The molecule has 0 aromatic carbocycles. The fraction of sp³-hybridized carbons (Fsp3) is 0.667. The summed E-state index contributed by atoms with van der Waals surface area (Å²) in [6.45, 7) is 5.17. The molecule has 0 radical (unpaired) electrons. The molecule has 1 fully saturated rings. The Balaban J connectivity index is 2.46. The summed E-state index contributed by atoms with van der Waals surface area (Å²) >= 11 is 0. The van der Waals surface area contributed by atoms with Gasteiger partial charge in [0.05, 0.1) is 11.3 Å². The minimum absolute atomic E-state index is 0.114. The van der Waals surface area contributed by atoms with Crippen LogP contribution >= 0.6 is 0 Å². The van der Waals surface area contributed by atoms with Gasteiger partial charge in [-0.25, -0.2) is 0 Å². The number of hydrogen-bond donors (Lipinski definition) is 2. The lowest BCUT2D eigenvalue weighted by Crippen LogP contribution is -2.39. The topological polar surface area (TPSA) is 70.9 Å². The van der Waals surface area contributed by atoms with Gasteiger partial charge in [-0.05, 0) is 33.1 Å². The molecule has 1 atom stereocenters. The number of amidine groups is 1. The Hall–Kier alpha value is -1.52. The Labute approximate surface area is 102 Å². The zero-order valence-electron chi connectivity index (χ0n) is 10.8.